The number of carbonyl (C=O) groups is 1. The first-order valence-electron chi connectivity index (χ1n) is 5.79. The second kappa shape index (κ2) is 5.70. The van der Waals surface area contributed by atoms with Crippen molar-refractivity contribution in [3.05, 3.63) is 33.1 Å². The number of aliphatic hydroxyl groups is 1. The van der Waals surface area contributed by atoms with Gasteiger partial charge in [-0.1, -0.05) is 11.6 Å². The van der Waals surface area contributed by atoms with Crippen molar-refractivity contribution in [2.24, 2.45) is 0 Å². The highest BCUT2D eigenvalue weighted by Gasteiger charge is 2.33. The lowest BCUT2D eigenvalue weighted by Gasteiger charge is -2.20. The quantitative estimate of drug-likeness (QED) is 0.476. The van der Waals surface area contributed by atoms with Crippen LogP contribution in [0.4, 0.5) is 5.69 Å². The van der Waals surface area contributed by atoms with Crippen LogP contribution in [0.2, 0.25) is 5.15 Å². The summed E-state index contributed by atoms with van der Waals surface area (Å²) in [5.41, 5.74) is -1.78. The summed E-state index contributed by atoms with van der Waals surface area (Å²) in [4.78, 5) is 25.7. The van der Waals surface area contributed by atoms with Gasteiger partial charge in [0.25, 0.3) is 11.6 Å². The molecule has 0 bridgehead atoms. The smallest absolute Gasteiger partial charge is 0.300 e. The third-order valence-electron chi connectivity index (χ3n) is 2.95. The van der Waals surface area contributed by atoms with Gasteiger partial charge in [-0.2, -0.15) is 0 Å². The summed E-state index contributed by atoms with van der Waals surface area (Å²) in [5, 5.41) is 23.3. The zero-order valence-corrected chi connectivity index (χ0v) is 11.1. The van der Waals surface area contributed by atoms with Crippen LogP contribution in [0.3, 0.4) is 0 Å². The highest BCUT2D eigenvalue weighted by Crippen LogP contribution is 2.21. The summed E-state index contributed by atoms with van der Waals surface area (Å²) < 4.78 is 5.04. The number of aromatic nitrogens is 1. The molecule has 2 N–H and O–H groups in total. The van der Waals surface area contributed by atoms with Crippen molar-refractivity contribution < 1.29 is 19.6 Å². The molecule has 108 valence electrons. The average Bonchev–Trinajstić information content (AvgIpc) is 2.83. The van der Waals surface area contributed by atoms with Crippen molar-refractivity contribution in [3.8, 4) is 0 Å². The van der Waals surface area contributed by atoms with E-state index in [-0.39, 0.29) is 23.9 Å². The first-order valence-corrected chi connectivity index (χ1v) is 6.17. The van der Waals surface area contributed by atoms with Crippen LogP contribution in [-0.4, -0.2) is 46.3 Å². The molecule has 0 saturated carbocycles. The molecule has 1 aromatic heterocycles. The average molecular weight is 302 g/mol. The summed E-state index contributed by atoms with van der Waals surface area (Å²) in [6.45, 7) is 0.475. The minimum Gasteiger partial charge on any atom is -0.386 e. The van der Waals surface area contributed by atoms with E-state index in [4.69, 9.17) is 16.3 Å². The van der Waals surface area contributed by atoms with E-state index in [2.05, 4.69) is 10.3 Å². The molecule has 20 heavy (non-hydrogen) atoms. The monoisotopic (exact) mass is 301 g/mol. The Morgan fingerprint density at radius 2 is 2.45 bits per heavy atom. The van der Waals surface area contributed by atoms with E-state index >= 15 is 0 Å². The fourth-order valence-electron chi connectivity index (χ4n) is 1.83. The van der Waals surface area contributed by atoms with Crippen molar-refractivity contribution in [2.75, 3.05) is 19.8 Å². The van der Waals surface area contributed by atoms with E-state index < -0.39 is 22.1 Å². The largest absolute Gasteiger partial charge is 0.386 e. The lowest BCUT2D eigenvalue weighted by atomic mass is 10.0. The maximum absolute atomic E-state index is 12.0. The Bertz CT molecular complexity index is 545. The van der Waals surface area contributed by atoms with Crippen molar-refractivity contribution in [2.45, 2.75) is 12.0 Å². The molecular weight excluding hydrogens is 290 g/mol. The number of pyridine rings is 1. The van der Waals surface area contributed by atoms with Gasteiger partial charge in [0.2, 0.25) is 0 Å². The van der Waals surface area contributed by atoms with Crippen molar-refractivity contribution in [3.63, 3.8) is 0 Å². The van der Waals surface area contributed by atoms with Gasteiger partial charge in [0, 0.05) is 19.6 Å². The van der Waals surface area contributed by atoms with Crippen LogP contribution in [-0.2, 0) is 4.74 Å². The Kier molecular flexibility index (Phi) is 4.17. The molecule has 0 aromatic carbocycles. The van der Waals surface area contributed by atoms with Gasteiger partial charge in [-0.05, 0) is 6.07 Å². The fraction of sp³-hybridized carbons (Fsp3) is 0.455. The summed E-state index contributed by atoms with van der Waals surface area (Å²) in [7, 11) is 0. The lowest BCUT2D eigenvalue weighted by Crippen LogP contribution is -2.43. The van der Waals surface area contributed by atoms with Crippen molar-refractivity contribution in [1.82, 2.24) is 10.3 Å². The van der Waals surface area contributed by atoms with Crippen LogP contribution in [0.1, 0.15) is 16.8 Å². The summed E-state index contributed by atoms with van der Waals surface area (Å²) in [6, 6.07) is 1.12. The SMILES string of the molecule is O=C(NCC1(O)CCOC1)c1cc(Cl)ncc1[N+](=O)[O-]. The van der Waals surface area contributed by atoms with E-state index in [1.165, 1.54) is 0 Å². The molecule has 1 amide bonds. The predicted molar refractivity (Wildman–Crippen MR) is 68.6 cm³/mol. The minimum atomic E-state index is -1.14. The van der Waals surface area contributed by atoms with Crippen molar-refractivity contribution in [1.29, 1.82) is 0 Å². The lowest BCUT2D eigenvalue weighted by molar-refractivity contribution is -0.385. The number of hydrogen-bond donors (Lipinski definition) is 2. The zero-order valence-electron chi connectivity index (χ0n) is 10.3. The van der Waals surface area contributed by atoms with Crippen LogP contribution in [0, 0.1) is 10.1 Å². The molecule has 0 radical (unpaired) electrons. The van der Waals surface area contributed by atoms with Gasteiger partial charge in [0.15, 0.2) is 0 Å². The molecule has 1 fully saturated rings. The third-order valence-corrected chi connectivity index (χ3v) is 3.16. The van der Waals surface area contributed by atoms with Gasteiger partial charge in [0.1, 0.15) is 22.5 Å². The highest BCUT2D eigenvalue weighted by molar-refractivity contribution is 6.29. The van der Waals surface area contributed by atoms with E-state index in [1.807, 2.05) is 0 Å². The van der Waals surface area contributed by atoms with E-state index in [1.54, 1.807) is 0 Å². The topological polar surface area (TPSA) is 115 Å². The van der Waals surface area contributed by atoms with Crippen LogP contribution >= 0.6 is 11.6 Å². The second-order valence-corrected chi connectivity index (χ2v) is 4.88. The second-order valence-electron chi connectivity index (χ2n) is 4.49. The van der Waals surface area contributed by atoms with E-state index in [0.29, 0.717) is 13.0 Å². The van der Waals surface area contributed by atoms with Gasteiger partial charge < -0.3 is 15.2 Å². The van der Waals surface area contributed by atoms with Crippen LogP contribution in [0.25, 0.3) is 0 Å². The first-order chi connectivity index (χ1) is 9.41. The summed E-state index contributed by atoms with van der Waals surface area (Å²) >= 11 is 5.64. The molecule has 8 nitrogen and oxygen atoms in total. The molecule has 1 saturated heterocycles. The minimum absolute atomic E-state index is 0.0244. The molecule has 0 spiro atoms. The number of hydrogen-bond acceptors (Lipinski definition) is 6. The molecule has 1 aromatic rings. The standard InChI is InChI=1S/C11H12ClN3O5/c12-9-3-7(8(4-13-9)15(18)19)10(16)14-5-11(17)1-2-20-6-11/h3-4,17H,1-2,5-6H2,(H,14,16). The predicted octanol–water partition coefficient (Wildman–Crippen LogP) is 0.524. The molecular formula is C11H12ClN3O5. The fourth-order valence-corrected chi connectivity index (χ4v) is 1.98. The molecule has 9 heteroatoms. The number of amides is 1. The van der Waals surface area contributed by atoms with E-state index in [9.17, 15) is 20.0 Å². The molecule has 1 aliphatic heterocycles. The number of rotatable bonds is 4. The summed E-state index contributed by atoms with van der Waals surface area (Å²) in [5.74, 6) is -0.693. The molecule has 1 atom stereocenters. The normalized spacial score (nSPS) is 21.7. The molecule has 1 unspecified atom stereocenters. The first kappa shape index (κ1) is 14.6. The van der Waals surface area contributed by atoms with Crippen LogP contribution < -0.4 is 5.32 Å². The molecule has 2 heterocycles. The van der Waals surface area contributed by atoms with E-state index in [0.717, 1.165) is 12.3 Å². The molecule has 0 aliphatic carbocycles. The van der Waals surface area contributed by atoms with Crippen molar-refractivity contribution >= 4 is 23.2 Å². The number of ether oxygens (including phenoxy) is 1. The van der Waals surface area contributed by atoms with Gasteiger partial charge in [-0.3, -0.25) is 14.9 Å². The van der Waals surface area contributed by atoms with Gasteiger partial charge in [0.05, 0.1) is 11.5 Å². The number of carbonyl (C=O) groups excluding carboxylic acids is 1. The number of nitrogens with one attached hydrogen (secondary N) is 1. The maximum atomic E-state index is 12.0. The van der Waals surface area contributed by atoms with Crippen LogP contribution in [0.15, 0.2) is 12.3 Å². The Labute approximate surface area is 118 Å². The number of nitrogens with zero attached hydrogens (tertiary/aromatic N) is 2. The number of halogens is 1. The van der Waals surface area contributed by atoms with Gasteiger partial charge in [-0.15, -0.1) is 0 Å². The van der Waals surface area contributed by atoms with Gasteiger partial charge in [-0.25, -0.2) is 4.98 Å². The zero-order chi connectivity index (χ0) is 14.8. The molecule has 2 rings (SSSR count). The van der Waals surface area contributed by atoms with Crippen LogP contribution in [0.5, 0.6) is 0 Å². The van der Waals surface area contributed by atoms with Gasteiger partial charge >= 0.3 is 0 Å². The Hall–Kier alpha value is -1.77. The molecule has 1 aliphatic rings. The summed E-state index contributed by atoms with van der Waals surface area (Å²) in [6.07, 6.45) is 1.32. The Morgan fingerprint density at radius 3 is 3.05 bits per heavy atom. The third kappa shape index (κ3) is 3.21. The highest BCUT2D eigenvalue weighted by atomic mass is 35.5. The maximum Gasteiger partial charge on any atom is 0.300 e. The Balaban J connectivity index is 2.12. The Morgan fingerprint density at radius 1 is 1.70 bits per heavy atom. The number of nitro groups is 1.